The number of nitrogens with zero attached hydrogens (tertiary/aromatic N) is 8. The number of aromatic nitrogens is 7. The third kappa shape index (κ3) is 7.09. The zero-order valence-corrected chi connectivity index (χ0v) is 29.3. The Labute approximate surface area is 311 Å². The van der Waals surface area contributed by atoms with Crippen molar-refractivity contribution in [2.45, 2.75) is 12.5 Å². The second kappa shape index (κ2) is 14.7. The largest absolute Gasteiger partial charge is 0.481 e. The summed E-state index contributed by atoms with van der Waals surface area (Å²) < 4.78 is 14.7. The van der Waals surface area contributed by atoms with Gasteiger partial charge in [0.2, 0.25) is 0 Å². The Bertz CT molecular complexity index is 2450. The number of hydrogen-bond acceptors (Lipinski definition) is 10. The highest BCUT2D eigenvalue weighted by Crippen LogP contribution is 2.31. The molecule has 8 rings (SSSR count). The molecule has 274 valence electrons. The highest BCUT2D eigenvalue weighted by atomic mass is 35.5. The Balaban J connectivity index is 1.09. The first-order valence-electron chi connectivity index (χ1n) is 17.1. The summed E-state index contributed by atoms with van der Waals surface area (Å²) in [6.07, 6.45) is 2.28. The smallest absolute Gasteiger partial charge is 0.309 e. The number of benzene rings is 3. The second-order valence-corrected chi connectivity index (χ2v) is 13.3. The van der Waals surface area contributed by atoms with Crippen molar-refractivity contribution in [3.8, 4) is 22.6 Å². The number of pyridine rings is 1. The van der Waals surface area contributed by atoms with Crippen LogP contribution in [0.3, 0.4) is 0 Å². The van der Waals surface area contributed by atoms with Crippen LogP contribution in [0, 0.1) is 0 Å². The molecule has 0 saturated carbocycles. The van der Waals surface area contributed by atoms with Crippen LogP contribution in [0.4, 0.5) is 0 Å². The number of hydrogen-bond donors (Lipinski definition) is 2. The van der Waals surface area contributed by atoms with Crippen LogP contribution >= 0.6 is 11.6 Å². The minimum Gasteiger partial charge on any atom is -0.481 e. The number of fused-ring (bicyclic) bond motifs is 1. The van der Waals surface area contributed by atoms with E-state index in [0.29, 0.717) is 88.4 Å². The number of aliphatic carboxylic acids is 1. The molecular formula is C37H32ClN9O7. The Kier molecular flexibility index (Phi) is 9.45. The lowest BCUT2D eigenvalue weighted by atomic mass is 10.0. The molecule has 16 nitrogen and oxygen atoms in total. The number of aromatic amines is 1. The molecule has 2 aliphatic heterocycles. The number of amides is 2. The third-order valence-corrected chi connectivity index (χ3v) is 9.58. The summed E-state index contributed by atoms with van der Waals surface area (Å²) in [7, 11) is 0. The van der Waals surface area contributed by atoms with Gasteiger partial charge < -0.3 is 29.4 Å². The van der Waals surface area contributed by atoms with Crippen LogP contribution in [0.25, 0.3) is 33.5 Å². The molecule has 6 aromatic rings. The van der Waals surface area contributed by atoms with Gasteiger partial charge in [0.05, 0.1) is 67.8 Å². The molecule has 54 heavy (non-hydrogen) atoms. The van der Waals surface area contributed by atoms with E-state index in [1.807, 2.05) is 6.07 Å². The number of rotatable bonds is 8. The minimum atomic E-state index is -1.01. The maximum Gasteiger partial charge on any atom is 0.309 e. The van der Waals surface area contributed by atoms with E-state index in [1.165, 1.54) is 15.6 Å². The van der Waals surface area contributed by atoms with Crippen LogP contribution in [0.2, 0.25) is 5.02 Å². The zero-order valence-electron chi connectivity index (χ0n) is 28.6. The van der Waals surface area contributed by atoms with Gasteiger partial charge in [0.25, 0.3) is 17.4 Å². The van der Waals surface area contributed by atoms with Crippen LogP contribution in [0.15, 0.2) is 83.9 Å². The highest BCUT2D eigenvalue weighted by Gasteiger charge is 2.30. The monoisotopic (exact) mass is 749 g/mol. The standard InChI is InChI=1S/C37H32ClN9O7/c38-25-5-1-23-15-28(35(50)39-30(23)17-25)31-20-47(43-41-31)32-8-4-24(37(52)44-9-12-53-13-10-44)16-29(32)33-21-45(11-14-54-33)36(51)22-2-6-27(7-3-22)46-19-26(40-42-46)18-34(48)49/h1-8,15-17,19-20,33H,9-14,18,21H2,(H,39,50)(H,48,49). The predicted molar refractivity (Wildman–Crippen MR) is 194 cm³/mol. The third-order valence-electron chi connectivity index (χ3n) is 9.35. The number of carbonyl (C=O) groups is 3. The lowest BCUT2D eigenvalue weighted by Gasteiger charge is -2.34. The zero-order chi connectivity index (χ0) is 37.3. The first kappa shape index (κ1) is 34.8. The van der Waals surface area contributed by atoms with E-state index in [2.05, 4.69) is 25.6 Å². The van der Waals surface area contributed by atoms with Gasteiger partial charge in [-0.15, -0.1) is 10.2 Å². The molecule has 3 aromatic carbocycles. The number of halogens is 1. The van der Waals surface area contributed by atoms with Crippen LogP contribution < -0.4 is 5.56 Å². The summed E-state index contributed by atoms with van der Waals surface area (Å²) in [6.45, 7) is 2.59. The van der Waals surface area contributed by atoms with Gasteiger partial charge in [0, 0.05) is 46.9 Å². The van der Waals surface area contributed by atoms with Crippen molar-refractivity contribution in [1.29, 1.82) is 0 Å². The number of H-pyrrole nitrogens is 1. The van der Waals surface area contributed by atoms with E-state index in [-0.39, 0.29) is 36.9 Å². The molecule has 1 atom stereocenters. The van der Waals surface area contributed by atoms with Crippen molar-refractivity contribution in [2.24, 2.45) is 0 Å². The second-order valence-electron chi connectivity index (χ2n) is 12.9. The summed E-state index contributed by atoms with van der Waals surface area (Å²) in [5, 5.41) is 26.9. The Morgan fingerprint density at radius 2 is 1.57 bits per heavy atom. The van der Waals surface area contributed by atoms with E-state index in [9.17, 15) is 19.2 Å². The average molecular weight is 750 g/mol. The number of carboxylic acid groups (broad SMARTS) is 1. The van der Waals surface area contributed by atoms with Crippen LogP contribution in [-0.2, 0) is 20.7 Å². The molecule has 0 spiro atoms. The molecule has 2 N–H and O–H groups in total. The van der Waals surface area contributed by atoms with E-state index in [1.54, 1.807) is 76.7 Å². The molecule has 2 aliphatic rings. The lowest BCUT2D eigenvalue weighted by Crippen LogP contribution is -2.42. The fourth-order valence-corrected chi connectivity index (χ4v) is 6.77. The molecule has 3 aromatic heterocycles. The van der Waals surface area contributed by atoms with Crippen molar-refractivity contribution < 1.29 is 29.0 Å². The normalized spacial score (nSPS) is 16.1. The highest BCUT2D eigenvalue weighted by molar-refractivity contribution is 6.31. The van der Waals surface area contributed by atoms with Gasteiger partial charge in [-0.3, -0.25) is 19.2 Å². The summed E-state index contributed by atoms with van der Waals surface area (Å²) in [6, 6.07) is 19.0. The summed E-state index contributed by atoms with van der Waals surface area (Å²) in [4.78, 5) is 57.9. The average Bonchev–Trinajstić information content (AvgIpc) is 3.87. The molecular weight excluding hydrogens is 718 g/mol. The van der Waals surface area contributed by atoms with Crippen LogP contribution in [0.1, 0.15) is 38.1 Å². The number of morpholine rings is 2. The van der Waals surface area contributed by atoms with Crippen molar-refractivity contribution in [3.05, 3.63) is 117 Å². The van der Waals surface area contributed by atoms with E-state index in [0.717, 1.165) is 5.39 Å². The van der Waals surface area contributed by atoms with Crippen molar-refractivity contribution in [3.63, 3.8) is 0 Å². The van der Waals surface area contributed by atoms with E-state index in [4.69, 9.17) is 26.2 Å². The summed E-state index contributed by atoms with van der Waals surface area (Å²) in [5.41, 5.74) is 3.88. The molecule has 0 bridgehead atoms. The van der Waals surface area contributed by atoms with Gasteiger partial charge in [-0.25, -0.2) is 9.36 Å². The fourth-order valence-electron chi connectivity index (χ4n) is 6.59. The Morgan fingerprint density at radius 3 is 2.37 bits per heavy atom. The van der Waals surface area contributed by atoms with Crippen molar-refractivity contribution in [1.82, 2.24) is 44.8 Å². The predicted octanol–water partition coefficient (Wildman–Crippen LogP) is 3.32. The number of carbonyl (C=O) groups excluding carboxylic acids is 2. The first-order valence-corrected chi connectivity index (χ1v) is 17.5. The van der Waals surface area contributed by atoms with Crippen LogP contribution in [-0.4, -0.2) is 114 Å². The summed E-state index contributed by atoms with van der Waals surface area (Å²) >= 11 is 6.12. The maximum atomic E-state index is 13.8. The first-order chi connectivity index (χ1) is 26.2. The summed E-state index contributed by atoms with van der Waals surface area (Å²) in [5.74, 6) is -1.38. The fraction of sp³-hybridized carbons (Fsp3) is 0.243. The molecule has 17 heteroatoms. The molecule has 2 saturated heterocycles. The van der Waals surface area contributed by atoms with E-state index < -0.39 is 12.1 Å². The quantitative estimate of drug-likeness (QED) is 0.232. The molecule has 2 fully saturated rings. The van der Waals surface area contributed by atoms with Gasteiger partial charge >= 0.3 is 5.97 Å². The van der Waals surface area contributed by atoms with Gasteiger partial charge in [0.15, 0.2) is 0 Å². The molecule has 5 heterocycles. The van der Waals surface area contributed by atoms with Gasteiger partial charge in [-0.05, 0) is 66.0 Å². The lowest BCUT2D eigenvalue weighted by molar-refractivity contribution is -0.136. The topological polar surface area (TPSA) is 191 Å². The molecule has 0 aliphatic carbocycles. The van der Waals surface area contributed by atoms with Gasteiger partial charge in [-0.1, -0.05) is 28.1 Å². The van der Waals surface area contributed by atoms with E-state index >= 15 is 0 Å². The SMILES string of the molecule is O=C(O)Cc1cn(-c2ccc(C(=O)N3CCOC(c4cc(C(=O)N5CCOCC5)ccc4-n4cc(-c5cc6ccc(Cl)cc6[nH]c5=O)nn4)C3)cc2)nn1. The molecule has 2 amide bonds. The van der Waals surface area contributed by atoms with Gasteiger partial charge in [0.1, 0.15) is 11.8 Å². The van der Waals surface area contributed by atoms with Crippen molar-refractivity contribution >= 4 is 40.3 Å². The number of nitrogens with one attached hydrogen (secondary N) is 1. The maximum absolute atomic E-state index is 13.8. The Morgan fingerprint density at radius 1 is 0.833 bits per heavy atom. The number of carboxylic acids is 1. The molecule has 0 radical (unpaired) electrons. The Hall–Kier alpha value is -6.23. The minimum absolute atomic E-state index is 0.153. The number of ether oxygens (including phenoxy) is 2. The van der Waals surface area contributed by atoms with Crippen molar-refractivity contribution in [2.75, 3.05) is 46.0 Å². The molecule has 1 unspecified atom stereocenters. The van der Waals surface area contributed by atoms with Gasteiger partial charge in [-0.2, -0.15) is 0 Å². The van der Waals surface area contributed by atoms with Crippen LogP contribution in [0.5, 0.6) is 0 Å².